The van der Waals surface area contributed by atoms with E-state index in [2.05, 4.69) is 9.71 Å². The number of nitrogens with one attached hydrogen (secondary N) is 1. The fourth-order valence-electron chi connectivity index (χ4n) is 3.26. The van der Waals surface area contributed by atoms with E-state index in [4.69, 9.17) is 0 Å². The van der Waals surface area contributed by atoms with Crippen molar-refractivity contribution in [3.05, 3.63) is 59.1 Å². The molecular weight excluding hydrogens is 378 g/mol. The minimum Gasteiger partial charge on any atom is -0.238 e. The molecule has 1 N–H and O–H groups in total. The molecule has 2 atom stereocenters. The van der Waals surface area contributed by atoms with Gasteiger partial charge in [-0.3, -0.25) is 0 Å². The van der Waals surface area contributed by atoms with Crippen molar-refractivity contribution in [2.45, 2.75) is 30.7 Å². The SMILES string of the molecule is CC1(C)[C@H](c2nc3c(F)cc(F)cc3s2)[C@@H]1NS(=O)(=O)c1ccccc1. The molecule has 1 aliphatic carbocycles. The van der Waals surface area contributed by atoms with Crippen molar-refractivity contribution in [2.24, 2.45) is 5.41 Å². The van der Waals surface area contributed by atoms with Gasteiger partial charge in [0.25, 0.3) is 0 Å². The summed E-state index contributed by atoms with van der Waals surface area (Å²) in [6.45, 7) is 3.86. The van der Waals surface area contributed by atoms with Crippen LogP contribution in [0.25, 0.3) is 10.2 Å². The molecule has 1 aliphatic rings. The molecule has 0 spiro atoms. The molecule has 1 fully saturated rings. The van der Waals surface area contributed by atoms with Crippen LogP contribution >= 0.6 is 11.3 Å². The molecule has 0 amide bonds. The standard InChI is InChI=1S/C18H16F2N2O2S2/c1-18(2)14(16(18)22-26(23,24)11-6-4-3-5-7-11)17-21-15-12(20)8-10(19)9-13(15)25-17/h3-9,14,16,22H,1-2H3/t14-,16-/m0/s1. The number of thiazole rings is 1. The van der Waals surface area contributed by atoms with Crippen LogP contribution in [0.15, 0.2) is 47.4 Å². The van der Waals surface area contributed by atoms with E-state index in [9.17, 15) is 17.2 Å². The summed E-state index contributed by atoms with van der Waals surface area (Å²) in [5, 5.41) is 0.607. The highest BCUT2D eigenvalue weighted by atomic mass is 32.2. The predicted molar refractivity (Wildman–Crippen MR) is 96.6 cm³/mol. The van der Waals surface area contributed by atoms with Crippen LogP contribution in [-0.2, 0) is 10.0 Å². The van der Waals surface area contributed by atoms with Crippen molar-refractivity contribution in [1.82, 2.24) is 9.71 Å². The average molecular weight is 394 g/mol. The van der Waals surface area contributed by atoms with E-state index in [-0.39, 0.29) is 27.8 Å². The highest BCUT2D eigenvalue weighted by molar-refractivity contribution is 7.89. The van der Waals surface area contributed by atoms with Crippen LogP contribution in [0.4, 0.5) is 8.78 Å². The molecule has 1 heterocycles. The lowest BCUT2D eigenvalue weighted by Gasteiger charge is -2.07. The molecule has 0 saturated heterocycles. The largest absolute Gasteiger partial charge is 0.240 e. The maximum absolute atomic E-state index is 13.9. The zero-order valence-electron chi connectivity index (χ0n) is 14.0. The quantitative estimate of drug-likeness (QED) is 0.726. The molecule has 0 bridgehead atoms. The summed E-state index contributed by atoms with van der Waals surface area (Å²) in [7, 11) is -3.66. The highest BCUT2D eigenvalue weighted by Gasteiger charge is 2.61. The minimum absolute atomic E-state index is 0.124. The predicted octanol–water partition coefficient (Wildman–Crippen LogP) is 4.05. The van der Waals surface area contributed by atoms with Crippen LogP contribution in [-0.4, -0.2) is 19.4 Å². The average Bonchev–Trinajstić information content (AvgIpc) is 2.91. The van der Waals surface area contributed by atoms with Crippen LogP contribution in [0.3, 0.4) is 0 Å². The molecule has 0 unspecified atom stereocenters. The van der Waals surface area contributed by atoms with Gasteiger partial charge in [-0.25, -0.2) is 26.9 Å². The maximum Gasteiger partial charge on any atom is 0.240 e. The molecule has 1 saturated carbocycles. The first kappa shape index (κ1) is 17.5. The Bertz CT molecular complexity index is 1100. The molecule has 4 rings (SSSR count). The number of benzene rings is 2. The fraction of sp³-hybridized carbons (Fsp3) is 0.278. The number of nitrogens with zero attached hydrogens (tertiary/aromatic N) is 1. The summed E-state index contributed by atoms with van der Waals surface area (Å²) in [6.07, 6.45) is 0. The lowest BCUT2D eigenvalue weighted by Crippen LogP contribution is -2.29. The maximum atomic E-state index is 13.9. The van der Waals surface area contributed by atoms with E-state index in [0.29, 0.717) is 9.71 Å². The van der Waals surface area contributed by atoms with Crippen LogP contribution < -0.4 is 4.72 Å². The molecule has 136 valence electrons. The van der Waals surface area contributed by atoms with Crippen molar-refractivity contribution in [2.75, 3.05) is 0 Å². The topological polar surface area (TPSA) is 59.1 Å². The van der Waals surface area contributed by atoms with Gasteiger partial charge in [0.1, 0.15) is 11.3 Å². The van der Waals surface area contributed by atoms with Crippen LogP contribution in [0, 0.1) is 17.0 Å². The van der Waals surface area contributed by atoms with Gasteiger partial charge < -0.3 is 0 Å². The monoisotopic (exact) mass is 394 g/mol. The van der Waals surface area contributed by atoms with Gasteiger partial charge >= 0.3 is 0 Å². The zero-order chi connectivity index (χ0) is 18.7. The second kappa shape index (κ2) is 5.80. The van der Waals surface area contributed by atoms with Crippen molar-refractivity contribution in [3.8, 4) is 0 Å². The Labute approximate surface area is 153 Å². The second-order valence-electron chi connectivity index (χ2n) is 7.00. The van der Waals surface area contributed by atoms with Crippen molar-refractivity contribution in [3.63, 3.8) is 0 Å². The Balaban J connectivity index is 1.66. The van der Waals surface area contributed by atoms with Gasteiger partial charge in [0.15, 0.2) is 5.82 Å². The Kier molecular flexibility index (Phi) is 3.91. The molecule has 0 radical (unpaired) electrons. The van der Waals surface area contributed by atoms with Crippen molar-refractivity contribution in [1.29, 1.82) is 0 Å². The summed E-state index contributed by atoms with van der Waals surface area (Å²) >= 11 is 1.20. The van der Waals surface area contributed by atoms with Gasteiger partial charge in [-0.15, -0.1) is 11.3 Å². The van der Waals surface area contributed by atoms with Crippen molar-refractivity contribution >= 4 is 31.6 Å². The number of fused-ring (bicyclic) bond motifs is 1. The zero-order valence-corrected chi connectivity index (χ0v) is 15.7. The molecule has 0 aliphatic heterocycles. The van der Waals surface area contributed by atoms with E-state index in [1.54, 1.807) is 18.2 Å². The summed E-state index contributed by atoms with van der Waals surface area (Å²) in [6, 6.07) is 9.82. The second-order valence-corrected chi connectivity index (χ2v) is 9.77. The van der Waals surface area contributed by atoms with E-state index in [0.717, 1.165) is 6.07 Å². The third-order valence-corrected chi connectivity index (χ3v) is 7.40. The fourth-order valence-corrected chi connectivity index (χ4v) is 6.03. The van der Waals surface area contributed by atoms with Gasteiger partial charge in [-0.05, 0) is 23.6 Å². The smallest absolute Gasteiger partial charge is 0.238 e. The van der Waals surface area contributed by atoms with Gasteiger partial charge in [0.05, 0.1) is 14.6 Å². The number of rotatable bonds is 4. The summed E-state index contributed by atoms with van der Waals surface area (Å²) in [5.41, 5.74) is -0.246. The first-order valence-corrected chi connectivity index (χ1v) is 10.3. The summed E-state index contributed by atoms with van der Waals surface area (Å²) in [4.78, 5) is 4.50. The summed E-state index contributed by atoms with van der Waals surface area (Å²) in [5.74, 6) is -1.55. The number of halogens is 2. The van der Waals surface area contributed by atoms with E-state index in [1.165, 1.54) is 29.5 Å². The lowest BCUT2D eigenvalue weighted by molar-refractivity contribution is 0.552. The van der Waals surface area contributed by atoms with Gasteiger partial charge in [-0.1, -0.05) is 32.0 Å². The molecule has 26 heavy (non-hydrogen) atoms. The Morgan fingerprint density at radius 1 is 1.15 bits per heavy atom. The molecule has 2 aromatic carbocycles. The number of sulfonamides is 1. The minimum atomic E-state index is -3.66. The molecule has 1 aromatic heterocycles. The third-order valence-electron chi connectivity index (χ3n) is 4.86. The van der Waals surface area contributed by atoms with Crippen LogP contribution in [0.1, 0.15) is 24.8 Å². The van der Waals surface area contributed by atoms with Gasteiger partial charge in [-0.2, -0.15) is 0 Å². The summed E-state index contributed by atoms with van der Waals surface area (Å²) < 4.78 is 55.6. The van der Waals surface area contributed by atoms with Crippen LogP contribution in [0.2, 0.25) is 0 Å². The van der Waals surface area contributed by atoms with Gasteiger partial charge in [0, 0.05) is 18.0 Å². The molecular formula is C18H16F2N2O2S2. The first-order valence-electron chi connectivity index (χ1n) is 8.03. The Hall–Kier alpha value is -1.90. The van der Waals surface area contributed by atoms with E-state index in [1.807, 2.05) is 13.8 Å². The molecule has 3 aromatic rings. The number of hydrogen-bond donors (Lipinski definition) is 1. The third kappa shape index (κ3) is 2.82. The number of hydrogen-bond acceptors (Lipinski definition) is 4. The van der Waals surface area contributed by atoms with Gasteiger partial charge in [0.2, 0.25) is 10.0 Å². The normalized spacial score (nSPS) is 21.8. The number of aromatic nitrogens is 1. The van der Waals surface area contributed by atoms with Crippen molar-refractivity contribution < 1.29 is 17.2 Å². The molecule has 4 nitrogen and oxygen atoms in total. The highest BCUT2D eigenvalue weighted by Crippen LogP contribution is 2.60. The first-order chi connectivity index (χ1) is 12.2. The van der Waals surface area contributed by atoms with E-state index < -0.39 is 21.7 Å². The molecule has 8 heteroatoms. The van der Waals surface area contributed by atoms with E-state index >= 15 is 0 Å². The Morgan fingerprint density at radius 3 is 2.54 bits per heavy atom. The van der Waals surface area contributed by atoms with Crippen LogP contribution in [0.5, 0.6) is 0 Å². The lowest BCUT2D eigenvalue weighted by atomic mass is 10.1. The Morgan fingerprint density at radius 2 is 1.85 bits per heavy atom.